The summed E-state index contributed by atoms with van der Waals surface area (Å²) in [5.41, 5.74) is 0.375. The number of hydrogen-bond donors (Lipinski definition) is 0. The van der Waals surface area contributed by atoms with Crippen LogP contribution >= 0.6 is 10.7 Å². The van der Waals surface area contributed by atoms with Gasteiger partial charge in [-0.05, 0) is 36.8 Å². The minimum Gasteiger partial charge on any atom is -0.339 e. The minimum atomic E-state index is -3.92. The van der Waals surface area contributed by atoms with Gasteiger partial charge in [-0.1, -0.05) is 26.0 Å². The molecule has 116 valence electrons. The largest absolute Gasteiger partial charge is 0.339 e. The third kappa shape index (κ3) is 3.98. The van der Waals surface area contributed by atoms with Crippen molar-refractivity contribution in [2.75, 3.05) is 13.1 Å². The van der Waals surface area contributed by atoms with Gasteiger partial charge in [-0.2, -0.15) is 0 Å². The van der Waals surface area contributed by atoms with E-state index in [0.717, 1.165) is 19.3 Å². The second-order valence-electron chi connectivity index (χ2n) is 6.24. The number of carbonyl (C=O) groups is 1. The monoisotopic (exact) mass is 329 g/mol. The molecule has 0 spiro atoms. The first kappa shape index (κ1) is 16.3. The highest BCUT2D eigenvalue weighted by Gasteiger charge is 2.28. The Kier molecular flexibility index (Phi) is 4.63. The molecule has 1 fully saturated rings. The van der Waals surface area contributed by atoms with Gasteiger partial charge in [0.25, 0.3) is 15.0 Å². The fourth-order valence-corrected chi connectivity index (χ4v) is 3.72. The van der Waals surface area contributed by atoms with Crippen molar-refractivity contribution in [2.24, 2.45) is 5.41 Å². The van der Waals surface area contributed by atoms with Gasteiger partial charge < -0.3 is 4.90 Å². The number of nitrogens with zero attached hydrogens (tertiary/aromatic N) is 1. The maximum absolute atomic E-state index is 12.6. The number of hydrogen-bond acceptors (Lipinski definition) is 3. The Bertz CT molecular complexity index is 640. The molecule has 0 atom stereocenters. The highest BCUT2D eigenvalue weighted by atomic mass is 35.7. The Hall–Kier alpha value is -1.07. The van der Waals surface area contributed by atoms with Crippen molar-refractivity contribution in [1.82, 2.24) is 4.90 Å². The summed E-state index contributed by atoms with van der Waals surface area (Å²) >= 11 is 0. The van der Waals surface area contributed by atoms with Crippen LogP contribution in [-0.4, -0.2) is 32.3 Å². The predicted molar refractivity (Wildman–Crippen MR) is 83.0 cm³/mol. The Balaban J connectivity index is 2.29. The molecule has 0 N–H and O–H groups in total. The van der Waals surface area contributed by atoms with E-state index < -0.39 is 9.05 Å². The Morgan fingerprint density at radius 2 is 1.86 bits per heavy atom. The zero-order chi connectivity index (χ0) is 15.7. The maximum atomic E-state index is 12.6. The molecular weight excluding hydrogens is 310 g/mol. The fourth-order valence-electron chi connectivity index (χ4n) is 2.65. The summed E-state index contributed by atoms with van der Waals surface area (Å²) in [5.74, 6) is -0.257. The molecule has 1 aromatic rings. The smallest absolute Gasteiger partial charge is 0.262 e. The van der Waals surface area contributed by atoms with E-state index in [1.807, 2.05) is 0 Å². The van der Waals surface area contributed by atoms with Crippen molar-refractivity contribution in [3.63, 3.8) is 0 Å². The third-order valence-corrected chi connectivity index (χ3v) is 5.39. The molecule has 4 nitrogen and oxygen atoms in total. The summed E-state index contributed by atoms with van der Waals surface area (Å²) in [6.45, 7) is 5.68. The van der Waals surface area contributed by atoms with E-state index in [4.69, 9.17) is 10.7 Å². The molecule has 6 heteroatoms. The number of likely N-dealkylation sites (tertiary alicyclic amines) is 1. The quantitative estimate of drug-likeness (QED) is 0.782. The van der Waals surface area contributed by atoms with E-state index in [-0.39, 0.29) is 21.8 Å². The molecule has 0 radical (unpaired) electrons. The van der Waals surface area contributed by atoms with Gasteiger partial charge >= 0.3 is 0 Å². The maximum Gasteiger partial charge on any atom is 0.262 e. The van der Waals surface area contributed by atoms with Crippen LogP contribution in [0, 0.1) is 5.41 Å². The average Bonchev–Trinajstić information content (AvgIpc) is 2.58. The van der Waals surface area contributed by atoms with Crippen LogP contribution in [0.4, 0.5) is 0 Å². The van der Waals surface area contributed by atoms with Gasteiger partial charge in [0.05, 0.1) is 10.5 Å². The second-order valence-corrected chi connectivity index (χ2v) is 8.78. The zero-order valence-corrected chi connectivity index (χ0v) is 13.9. The van der Waals surface area contributed by atoms with Gasteiger partial charge in [-0.15, -0.1) is 0 Å². The van der Waals surface area contributed by atoms with Gasteiger partial charge in [0, 0.05) is 23.8 Å². The summed E-state index contributed by atoms with van der Waals surface area (Å²) < 4.78 is 23.2. The van der Waals surface area contributed by atoms with Crippen LogP contribution in [-0.2, 0) is 9.05 Å². The topological polar surface area (TPSA) is 54.5 Å². The second kappa shape index (κ2) is 5.97. The van der Waals surface area contributed by atoms with Gasteiger partial charge in [-0.25, -0.2) is 8.42 Å². The predicted octanol–water partition coefficient (Wildman–Crippen LogP) is 3.27. The van der Waals surface area contributed by atoms with Gasteiger partial charge in [0.1, 0.15) is 0 Å². The lowest BCUT2D eigenvalue weighted by Crippen LogP contribution is -2.33. The van der Waals surface area contributed by atoms with E-state index >= 15 is 0 Å². The lowest BCUT2D eigenvalue weighted by Gasteiger charge is -2.24. The number of carbonyl (C=O) groups excluding carboxylic acids is 1. The molecule has 0 unspecified atom stereocenters. The van der Waals surface area contributed by atoms with Crippen molar-refractivity contribution in [3.05, 3.63) is 29.8 Å². The first-order chi connectivity index (χ1) is 9.71. The van der Waals surface area contributed by atoms with E-state index in [1.54, 1.807) is 17.0 Å². The Morgan fingerprint density at radius 1 is 1.19 bits per heavy atom. The molecule has 0 aliphatic carbocycles. The summed E-state index contributed by atoms with van der Waals surface area (Å²) in [6.07, 6.45) is 2.90. The zero-order valence-electron chi connectivity index (χ0n) is 12.3. The number of benzene rings is 1. The lowest BCUT2D eigenvalue weighted by molar-refractivity contribution is 0.0753. The summed E-state index contributed by atoms with van der Waals surface area (Å²) in [5, 5.41) is 0. The number of rotatable bonds is 2. The average molecular weight is 330 g/mol. The van der Waals surface area contributed by atoms with Gasteiger partial charge in [0.15, 0.2) is 0 Å². The molecule has 1 aliphatic rings. The van der Waals surface area contributed by atoms with Crippen molar-refractivity contribution >= 4 is 25.6 Å². The highest BCUT2D eigenvalue weighted by molar-refractivity contribution is 8.13. The highest BCUT2D eigenvalue weighted by Crippen LogP contribution is 2.31. The fraction of sp³-hybridized carbons (Fsp3) is 0.533. The third-order valence-electron chi connectivity index (χ3n) is 4.01. The number of amides is 1. The minimum absolute atomic E-state index is 0.111. The van der Waals surface area contributed by atoms with Crippen molar-refractivity contribution < 1.29 is 13.2 Å². The Labute approximate surface area is 130 Å². The Morgan fingerprint density at radius 3 is 2.52 bits per heavy atom. The van der Waals surface area contributed by atoms with Crippen molar-refractivity contribution in [2.45, 2.75) is 38.0 Å². The van der Waals surface area contributed by atoms with Gasteiger partial charge in [-0.3, -0.25) is 4.79 Å². The summed E-state index contributed by atoms with van der Waals surface area (Å²) in [7, 11) is 1.50. The molecule has 0 aromatic heterocycles. The van der Waals surface area contributed by atoms with Crippen LogP contribution < -0.4 is 0 Å². The van der Waals surface area contributed by atoms with Gasteiger partial charge in [0.2, 0.25) is 0 Å². The SMILES string of the molecule is CC1(C)CCCN(C(=O)c2ccccc2S(=O)(=O)Cl)CC1. The molecule has 1 heterocycles. The van der Waals surface area contributed by atoms with Crippen LogP contribution in [0.15, 0.2) is 29.2 Å². The molecule has 1 aromatic carbocycles. The van der Waals surface area contributed by atoms with Crippen LogP contribution in [0.5, 0.6) is 0 Å². The first-order valence-electron chi connectivity index (χ1n) is 7.04. The molecule has 2 rings (SSSR count). The van der Waals surface area contributed by atoms with E-state index in [2.05, 4.69) is 13.8 Å². The molecule has 1 aliphatic heterocycles. The van der Waals surface area contributed by atoms with Crippen molar-refractivity contribution in [1.29, 1.82) is 0 Å². The first-order valence-corrected chi connectivity index (χ1v) is 9.35. The standard InChI is InChI=1S/C15H20ClNO3S/c1-15(2)8-5-10-17(11-9-15)14(18)12-6-3-4-7-13(12)21(16,19)20/h3-4,6-7H,5,8-11H2,1-2H3. The molecular formula is C15H20ClNO3S. The van der Waals surface area contributed by atoms with Crippen LogP contribution in [0.25, 0.3) is 0 Å². The molecule has 21 heavy (non-hydrogen) atoms. The molecule has 1 amide bonds. The van der Waals surface area contributed by atoms with Crippen LogP contribution in [0.1, 0.15) is 43.5 Å². The van der Waals surface area contributed by atoms with E-state index in [0.29, 0.717) is 13.1 Å². The van der Waals surface area contributed by atoms with Crippen LogP contribution in [0.2, 0.25) is 0 Å². The lowest BCUT2D eigenvalue weighted by atomic mass is 9.85. The van der Waals surface area contributed by atoms with Crippen LogP contribution in [0.3, 0.4) is 0 Å². The summed E-state index contributed by atoms with van der Waals surface area (Å²) in [4.78, 5) is 14.3. The van der Waals surface area contributed by atoms with E-state index in [9.17, 15) is 13.2 Å². The number of halogens is 1. The summed E-state index contributed by atoms with van der Waals surface area (Å²) in [6, 6.07) is 6.11. The van der Waals surface area contributed by atoms with E-state index in [1.165, 1.54) is 12.1 Å². The molecule has 1 saturated heterocycles. The normalized spacial score (nSPS) is 19.1. The molecule has 0 bridgehead atoms. The molecule has 0 saturated carbocycles. The van der Waals surface area contributed by atoms with Crippen molar-refractivity contribution in [3.8, 4) is 0 Å².